The van der Waals surface area contributed by atoms with Gasteiger partial charge in [0.25, 0.3) is 11.4 Å². The zero-order valence-corrected chi connectivity index (χ0v) is 12.7. The number of carbonyl (C=O) groups excluding carboxylic acids is 1. The van der Waals surface area contributed by atoms with Crippen LogP contribution in [0.25, 0.3) is 11.0 Å². The highest BCUT2D eigenvalue weighted by Gasteiger charge is 2.20. The number of hydrogen-bond donors (Lipinski definition) is 2. The monoisotopic (exact) mass is 324 g/mol. The van der Waals surface area contributed by atoms with E-state index in [4.69, 9.17) is 0 Å². The van der Waals surface area contributed by atoms with Gasteiger partial charge in [0.1, 0.15) is 11.9 Å². The van der Waals surface area contributed by atoms with E-state index >= 15 is 0 Å². The minimum absolute atomic E-state index is 0.117. The van der Waals surface area contributed by atoms with Crippen molar-refractivity contribution >= 4 is 23.2 Å². The molecule has 0 saturated carbocycles. The van der Waals surface area contributed by atoms with Gasteiger partial charge in [-0.2, -0.15) is 9.83 Å². The Balaban J connectivity index is 1.93. The molecule has 0 saturated heterocycles. The van der Waals surface area contributed by atoms with E-state index in [2.05, 4.69) is 15.5 Å². The molecule has 24 heavy (non-hydrogen) atoms. The maximum Gasteiger partial charge on any atom is 0.305 e. The minimum atomic E-state index is -0.429. The summed E-state index contributed by atoms with van der Waals surface area (Å²) in [5.41, 5.74) is 3.80. The first kappa shape index (κ1) is 15.3. The van der Waals surface area contributed by atoms with Crippen LogP contribution in [0.2, 0.25) is 0 Å². The fourth-order valence-corrected chi connectivity index (χ4v) is 2.25. The van der Waals surface area contributed by atoms with E-state index in [1.807, 2.05) is 0 Å². The highest BCUT2D eigenvalue weighted by atomic mass is 16.5. The fraction of sp³-hybridized carbons (Fsp3) is 0.0625. The van der Waals surface area contributed by atoms with E-state index in [-0.39, 0.29) is 11.2 Å². The Kier molecular flexibility index (Phi) is 4.02. The largest absolute Gasteiger partial charge is 0.428 e. The van der Waals surface area contributed by atoms with Crippen LogP contribution in [0.15, 0.2) is 53.9 Å². The van der Waals surface area contributed by atoms with Crippen LogP contribution in [-0.2, 0) is 0 Å². The fourth-order valence-electron chi connectivity index (χ4n) is 2.25. The molecular formula is C16H14N5O3+. The number of nitrogens with one attached hydrogen (secondary N) is 1. The van der Waals surface area contributed by atoms with Crippen molar-refractivity contribution in [1.29, 1.82) is 0 Å². The van der Waals surface area contributed by atoms with Crippen LogP contribution < -0.4 is 9.85 Å². The van der Waals surface area contributed by atoms with E-state index in [0.29, 0.717) is 21.2 Å². The van der Waals surface area contributed by atoms with Gasteiger partial charge in [0.2, 0.25) is 0 Å². The SMILES string of the molecule is Cc1c(/C=N/NC(=O)c2ccncc2)[n+](=O)c2ccccc2n1O. The topological polar surface area (TPSA) is 102 Å². The summed E-state index contributed by atoms with van der Waals surface area (Å²) in [6, 6.07) is 9.71. The molecule has 2 aromatic heterocycles. The molecule has 8 nitrogen and oxygen atoms in total. The van der Waals surface area contributed by atoms with Crippen molar-refractivity contribution in [3.63, 3.8) is 0 Å². The molecule has 0 spiro atoms. The lowest BCUT2D eigenvalue weighted by molar-refractivity contribution is -0.467. The summed E-state index contributed by atoms with van der Waals surface area (Å²) in [5, 5.41) is 14.0. The van der Waals surface area contributed by atoms with Gasteiger partial charge in [-0.25, -0.2) is 5.43 Å². The Hall–Kier alpha value is -3.55. The van der Waals surface area contributed by atoms with Gasteiger partial charge < -0.3 is 5.21 Å². The van der Waals surface area contributed by atoms with E-state index < -0.39 is 5.91 Å². The molecule has 0 atom stereocenters. The van der Waals surface area contributed by atoms with Crippen LogP contribution >= 0.6 is 0 Å². The van der Waals surface area contributed by atoms with Crippen LogP contribution in [0, 0.1) is 11.8 Å². The standard InChI is InChI=1S/C16H13N5O3/c1-11-15(10-18-19-16(22)12-6-8-17-9-7-12)21(24)14-5-3-2-4-13(14)20(11)23/h2-10,23H,1H3/p+1/b18-10+. The first-order valence-electron chi connectivity index (χ1n) is 7.09. The Labute approximate surface area is 136 Å². The molecule has 3 aromatic rings. The summed E-state index contributed by atoms with van der Waals surface area (Å²) in [6.45, 7) is 1.58. The molecule has 0 radical (unpaired) electrons. The molecule has 8 heteroatoms. The van der Waals surface area contributed by atoms with Crippen molar-refractivity contribution in [2.75, 3.05) is 0 Å². The maximum atomic E-state index is 12.4. The second-order valence-corrected chi connectivity index (χ2v) is 5.00. The molecule has 0 aliphatic heterocycles. The van der Waals surface area contributed by atoms with Gasteiger partial charge in [-0.15, -0.1) is 0 Å². The van der Waals surface area contributed by atoms with Gasteiger partial charge in [0, 0.05) is 28.9 Å². The molecule has 120 valence electrons. The highest BCUT2D eigenvalue weighted by molar-refractivity contribution is 5.94. The van der Waals surface area contributed by atoms with Crippen LogP contribution in [0.1, 0.15) is 21.7 Å². The quantitative estimate of drug-likeness (QED) is 0.328. The Morgan fingerprint density at radius 1 is 1.29 bits per heavy atom. The summed E-state index contributed by atoms with van der Waals surface area (Å²) < 4.78 is 1.56. The number of hydrogen-bond acceptors (Lipinski definition) is 5. The number of carbonyl (C=O) groups is 1. The number of benzene rings is 1. The molecule has 1 amide bonds. The van der Waals surface area contributed by atoms with E-state index in [0.717, 1.165) is 4.73 Å². The van der Waals surface area contributed by atoms with Gasteiger partial charge in [0.05, 0.1) is 4.43 Å². The first-order valence-corrected chi connectivity index (χ1v) is 7.09. The predicted molar refractivity (Wildman–Crippen MR) is 86.5 cm³/mol. The molecule has 3 rings (SSSR count). The lowest BCUT2D eigenvalue weighted by Crippen LogP contribution is -2.28. The molecule has 0 aliphatic carbocycles. The van der Waals surface area contributed by atoms with E-state index in [1.165, 1.54) is 18.6 Å². The zero-order chi connectivity index (χ0) is 17.1. The molecule has 1 aromatic carbocycles. The van der Waals surface area contributed by atoms with Gasteiger partial charge >= 0.3 is 5.69 Å². The smallest absolute Gasteiger partial charge is 0.305 e. The number of pyridine rings is 1. The van der Waals surface area contributed by atoms with Gasteiger partial charge in [-0.3, -0.25) is 9.78 Å². The van der Waals surface area contributed by atoms with Crippen molar-refractivity contribution in [3.8, 4) is 0 Å². The Morgan fingerprint density at radius 2 is 2.00 bits per heavy atom. The molecule has 0 unspecified atom stereocenters. The lowest BCUT2D eigenvalue weighted by atomic mass is 10.2. The first-order chi connectivity index (χ1) is 11.6. The number of fused-ring (bicyclic) bond motifs is 1. The molecule has 2 heterocycles. The van der Waals surface area contributed by atoms with Crippen molar-refractivity contribution in [3.05, 3.63) is 70.7 Å². The van der Waals surface area contributed by atoms with E-state index in [9.17, 15) is 14.9 Å². The van der Waals surface area contributed by atoms with Crippen LogP contribution in [-0.4, -0.2) is 27.0 Å². The average Bonchev–Trinajstić information content (AvgIpc) is 2.63. The van der Waals surface area contributed by atoms with Gasteiger partial charge in [-0.05, 0) is 25.1 Å². The predicted octanol–water partition coefficient (Wildman–Crippen LogP) is 1.26. The third kappa shape index (κ3) is 2.72. The second-order valence-electron chi connectivity index (χ2n) is 5.00. The molecule has 2 N–H and O–H groups in total. The molecule has 0 fully saturated rings. The minimum Gasteiger partial charge on any atom is -0.428 e. The second kappa shape index (κ2) is 6.29. The highest BCUT2D eigenvalue weighted by Crippen LogP contribution is 2.11. The molecular weight excluding hydrogens is 310 g/mol. The third-order valence-corrected chi connectivity index (χ3v) is 3.53. The summed E-state index contributed by atoms with van der Waals surface area (Å²) in [4.78, 5) is 28.1. The van der Waals surface area contributed by atoms with E-state index in [1.54, 1.807) is 43.3 Å². The average molecular weight is 324 g/mol. The molecule has 0 bridgehead atoms. The number of para-hydroxylation sites is 2. The number of aromatic nitrogens is 3. The third-order valence-electron chi connectivity index (χ3n) is 3.53. The molecule has 0 aliphatic rings. The van der Waals surface area contributed by atoms with Gasteiger partial charge in [-0.1, -0.05) is 12.1 Å². The van der Waals surface area contributed by atoms with Crippen molar-refractivity contribution in [2.45, 2.75) is 6.92 Å². The maximum absolute atomic E-state index is 12.4. The van der Waals surface area contributed by atoms with Crippen LogP contribution in [0.5, 0.6) is 0 Å². The van der Waals surface area contributed by atoms with Crippen LogP contribution in [0.3, 0.4) is 0 Å². The number of rotatable bonds is 3. The van der Waals surface area contributed by atoms with Crippen molar-refractivity contribution in [2.24, 2.45) is 5.10 Å². The summed E-state index contributed by atoms with van der Waals surface area (Å²) >= 11 is 0. The Bertz CT molecular complexity index is 996. The lowest BCUT2D eigenvalue weighted by Gasteiger charge is -2.04. The number of hydrazone groups is 1. The number of nitrogens with zero attached hydrogens (tertiary/aromatic N) is 4. The van der Waals surface area contributed by atoms with Gasteiger partial charge in [0.15, 0.2) is 5.52 Å². The summed E-state index contributed by atoms with van der Waals surface area (Å²) in [7, 11) is 0. The van der Waals surface area contributed by atoms with Crippen LogP contribution in [0.4, 0.5) is 0 Å². The van der Waals surface area contributed by atoms with Crippen molar-refractivity contribution in [1.82, 2.24) is 15.1 Å². The number of amides is 1. The normalized spacial score (nSPS) is 11.0. The zero-order valence-electron chi connectivity index (χ0n) is 12.7. The summed E-state index contributed by atoms with van der Waals surface area (Å²) in [6.07, 6.45) is 4.18. The Morgan fingerprint density at radius 3 is 2.75 bits per heavy atom. The summed E-state index contributed by atoms with van der Waals surface area (Å²) in [5.74, 6) is -0.429. The van der Waals surface area contributed by atoms with Crippen molar-refractivity contribution < 1.29 is 14.4 Å².